The highest BCUT2D eigenvalue weighted by Crippen LogP contribution is 2.14. The third-order valence-electron chi connectivity index (χ3n) is 2.07. The Hall–Kier alpha value is -0.750. The number of carbonyl (C=O) groups is 2. The Morgan fingerprint density at radius 2 is 2.47 bits per heavy atom. The molecule has 0 aliphatic carbocycles. The van der Waals surface area contributed by atoms with Gasteiger partial charge in [0, 0.05) is 0 Å². The van der Waals surface area contributed by atoms with Gasteiger partial charge >= 0.3 is 5.97 Å². The van der Waals surface area contributed by atoms with Crippen LogP contribution < -0.4 is 5.73 Å². The van der Waals surface area contributed by atoms with E-state index in [2.05, 4.69) is 0 Å². The number of ether oxygens (including phenoxy) is 1. The predicted molar refractivity (Wildman–Crippen MR) is 58.3 cm³/mol. The summed E-state index contributed by atoms with van der Waals surface area (Å²) in [6.45, 7) is 2.08. The smallest absolute Gasteiger partial charge is 0.325 e. The summed E-state index contributed by atoms with van der Waals surface area (Å²) < 4.78 is 4.79. The molecular formula is C9H16N2O3S. The van der Waals surface area contributed by atoms with E-state index in [-0.39, 0.29) is 18.4 Å². The van der Waals surface area contributed by atoms with Crippen molar-refractivity contribution in [1.29, 1.82) is 0 Å². The zero-order chi connectivity index (χ0) is 11.3. The van der Waals surface area contributed by atoms with Gasteiger partial charge in [-0.25, -0.2) is 0 Å². The first-order chi connectivity index (χ1) is 7.15. The first kappa shape index (κ1) is 12.3. The minimum absolute atomic E-state index is 0.00731. The second-order valence-corrected chi connectivity index (χ2v) is 4.35. The first-order valence-electron chi connectivity index (χ1n) is 4.93. The molecule has 2 N–H and O–H groups in total. The third-order valence-corrected chi connectivity index (χ3v) is 3.09. The van der Waals surface area contributed by atoms with Crippen LogP contribution in [0.1, 0.15) is 13.3 Å². The summed E-state index contributed by atoms with van der Waals surface area (Å²) in [6.07, 6.45) is 0.669. The Kier molecular flexibility index (Phi) is 4.90. The molecule has 0 radical (unpaired) electrons. The van der Waals surface area contributed by atoms with Crippen LogP contribution in [0.2, 0.25) is 0 Å². The number of amides is 1. The molecule has 0 aromatic rings. The molecule has 0 spiro atoms. The lowest BCUT2D eigenvalue weighted by Gasteiger charge is -2.20. The molecule has 1 aliphatic rings. The van der Waals surface area contributed by atoms with E-state index < -0.39 is 6.04 Å². The highest BCUT2D eigenvalue weighted by atomic mass is 32.2. The highest BCUT2D eigenvalue weighted by molar-refractivity contribution is 7.99. The molecule has 1 heterocycles. The molecule has 0 bridgehead atoms. The number of carbonyl (C=O) groups excluding carboxylic acids is 2. The quantitative estimate of drug-likeness (QED) is 0.682. The van der Waals surface area contributed by atoms with Gasteiger partial charge in [0.2, 0.25) is 5.91 Å². The second-order valence-electron chi connectivity index (χ2n) is 3.27. The summed E-state index contributed by atoms with van der Waals surface area (Å²) in [5.74, 6) is 0.839. The first-order valence-corrected chi connectivity index (χ1v) is 6.08. The summed E-state index contributed by atoms with van der Waals surface area (Å²) >= 11 is 1.61. The van der Waals surface area contributed by atoms with Crippen LogP contribution in [-0.2, 0) is 14.3 Å². The Labute approximate surface area is 93.3 Å². The van der Waals surface area contributed by atoms with Crippen molar-refractivity contribution < 1.29 is 14.3 Å². The molecule has 0 saturated carbocycles. The molecule has 1 amide bonds. The maximum absolute atomic E-state index is 11.7. The van der Waals surface area contributed by atoms with Crippen LogP contribution in [-0.4, -0.2) is 47.6 Å². The largest absolute Gasteiger partial charge is 0.465 e. The van der Waals surface area contributed by atoms with Crippen LogP contribution in [0, 0.1) is 0 Å². The van der Waals surface area contributed by atoms with E-state index in [1.54, 1.807) is 18.7 Å². The van der Waals surface area contributed by atoms with Gasteiger partial charge in [-0.05, 0) is 19.1 Å². The fourth-order valence-electron chi connectivity index (χ4n) is 1.29. The zero-order valence-corrected chi connectivity index (χ0v) is 9.59. The maximum atomic E-state index is 11.7. The molecular weight excluding hydrogens is 216 g/mol. The van der Waals surface area contributed by atoms with E-state index in [1.165, 1.54) is 4.90 Å². The number of esters is 1. The Bertz CT molecular complexity index is 248. The van der Waals surface area contributed by atoms with Crippen molar-refractivity contribution in [3.05, 3.63) is 0 Å². The molecule has 15 heavy (non-hydrogen) atoms. The molecule has 1 saturated heterocycles. The summed E-state index contributed by atoms with van der Waals surface area (Å²) in [5, 5.41) is 0. The van der Waals surface area contributed by atoms with E-state index >= 15 is 0 Å². The molecule has 1 rings (SSSR count). The monoisotopic (exact) mass is 232 g/mol. The van der Waals surface area contributed by atoms with Crippen LogP contribution in [0.25, 0.3) is 0 Å². The zero-order valence-electron chi connectivity index (χ0n) is 8.77. The molecule has 1 unspecified atom stereocenters. The summed E-state index contributed by atoms with van der Waals surface area (Å²) in [6, 6.07) is -0.477. The van der Waals surface area contributed by atoms with Crippen LogP contribution in [0.3, 0.4) is 0 Å². The Morgan fingerprint density at radius 3 is 3.13 bits per heavy atom. The molecule has 6 heteroatoms. The van der Waals surface area contributed by atoms with Crippen molar-refractivity contribution in [1.82, 2.24) is 4.90 Å². The Balaban J connectivity index is 2.51. The van der Waals surface area contributed by atoms with Crippen molar-refractivity contribution >= 4 is 23.6 Å². The topological polar surface area (TPSA) is 72.6 Å². The van der Waals surface area contributed by atoms with Crippen molar-refractivity contribution in [2.24, 2.45) is 5.73 Å². The number of hydrogen-bond donors (Lipinski definition) is 1. The van der Waals surface area contributed by atoms with Crippen LogP contribution in [0.5, 0.6) is 0 Å². The second kappa shape index (κ2) is 5.97. The standard InChI is InChI=1S/C9H16N2O3S/c1-2-14-8(12)5-11-6-15-4-3-7(10)9(11)13/h7H,2-6,10H2,1H3. The molecule has 1 fully saturated rings. The van der Waals surface area contributed by atoms with Crippen molar-refractivity contribution in [3.8, 4) is 0 Å². The Morgan fingerprint density at radius 1 is 1.73 bits per heavy atom. The van der Waals surface area contributed by atoms with Gasteiger partial charge in [-0.1, -0.05) is 0 Å². The molecule has 0 aromatic heterocycles. The van der Waals surface area contributed by atoms with Gasteiger partial charge in [0.05, 0.1) is 18.5 Å². The van der Waals surface area contributed by atoms with Crippen molar-refractivity contribution in [2.75, 3.05) is 24.8 Å². The maximum Gasteiger partial charge on any atom is 0.325 e. The van der Waals surface area contributed by atoms with Crippen molar-refractivity contribution in [2.45, 2.75) is 19.4 Å². The van der Waals surface area contributed by atoms with Crippen LogP contribution in [0.15, 0.2) is 0 Å². The van der Waals surface area contributed by atoms with Crippen LogP contribution >= 0.6 is 11.8 Å². The lowest BCUT2D eigenvalue weighted by Crippen LogP contribution is -2.44. The lowest BCUT2D eigenvalue weighted by molar-refractivity contribution is -0.148. The number of nitrogens with two attached hydrogens (primary N) is 1. The molecule has 1 aliphatic heterocycles. The highest BCUT2D eigenvalue weighted by Gasteiger charge is 2.25. The van der Waals surface area contributed by atoms with Gasteiger partial charge in [-0.2, -0.15) is 0 Å². The predicted octanol–water partition coefficient (Wildman–Crippen LogP) is -0.200. The van der Waals surface area contributed by atoms with E-state index in [1.807, 2.05) is 0 Å². The lowest BCUT2D eigenvalue weighted by atomic mass is 10.2. The average molecular weight is 232 g/mol. The summed E-state index contributed by atoms with van der Waals surface area (Å²) in [4.78, 5) is 24.3. The number of nitrogens with zero attached hydrogens (tertiary/aromatic N) is 1. The normalized spacial score (nSPS) is 22.4. The third kappa shape index (κ3) is 3.71. The van der Waals surface area contributed by atoms with Crippen molar-refractivity contribution in [3.63, 3.8) is 0 Å². The number of hydrogen-bond acceptors (Lipinski definition) is 5. The van der Waals surface area contributed by atoms with Gasteiger partial charge < -0.3 is 15.4 Å². The van der Waals surface area contributed by atoms with Gasteiger partial charge in [0.1, 0.15) is 6.54 Å². The molecule has 86 valence electrons. The van der Waals surface area contributed by atoms with Gasteiger partial charge in [0.25, 0.3) is 0 Å². The van der Waals surface area contributed by atoms with E-state index in [9.17, 15) is 9.59 Å². The van der Waals surface area contributed by atoms with Crippen LogP contribution in [0.4, 0.5) is 0 Å². The number of rotatable bonds is 3. The number of thioether (sulfide) groups is 1. The minimum atomic E-state index is -0.477. The van der Waals surface area contributed by atoms with E-state index in [4.69, 9.17) is 10.5 Å². The summed E-state index contributed by atoms with van der Waals surface area (Å²) in [5.41, 5.74) is 5.66. The van der Waals surface area contributed by atoms with E-state index in [0.717, 1.165) is 5.75 Å². The average Bonchev–Trinajstić information content (AvgIpc) is 2.34. The molecule has 0 aromatic carbocycles. The SMILES string of the molecule is CCOC(=O)CN1CSCCC(N)C1=O. The van der Waals surface area contributed by atoms with Gasteiger partial charge in [0.15, 0.2) is 0 Å². The summed E-state index contributed by atoms with van der Waals surface area (Å²) in [7, 11) is 0. The molecule has 1 atom stereocenters. The van der Waals surface area contributed by atoms with E-state index in [0.29, 0.717) is 18.9 Å². The fraction of sp³-hybridized carbons (Fsp3) is 0.778. The fourth-order valence-corrected chi connectivity index (χ4v) is 2.28. The van der Waals surface area contributed by atoms with Gasteiger partial charge in [-0.15, -0.1) is 11.8 Å². The van der Waals surface area contributed by atoms with Gasteiger partial charge in [-0.3, -0.25) is 9.59 Å². The molecule has 5 nitrogen and oxygen atoms in total. The minimum Gasteiger partial charge on any atom is -0.465 e.